The fourth-order valence-corrected chi connectivity index (χ4v) is 3.19. The quantitative estimate of drug-likeness (QED) is 0.440. The molecule has 1 amide bonds. The number of amides is 1. The van der Waals surface area contributed by atoms with Gasteiger partial charge in [-0.3, -0.25) is 4.79 Å². The fourth-order valence-electron chi connectivity index (χ4n) is 3.00. The summed E-state index contributed by atoms with van der Waals surface area (Å²) in [7, 11) is 0. The Morgan fingerprint density at radius 3 is 2.48 bits per heavy atom. The standard InChI is InChI=1S/C25H25ClN4O/c1-16-15-23(26)17(2)30-24(28)22(16)12-7-18-3-8-20(9-4-18)25(31)29-14-13-19-5-10-21(27)11-6-19/h3-6,8-11,15,17,30H,1,13-14,27-28H2,2H3,(H,29,31). The number of nitrogen functional groups attached to an aromatic ring is 1. The zero-order chi connectivity index (χ0) is 22.4. The molecular formula is C25H25ClN4O. The minimum absolute atomic E-state index is 0.101. The predicted molar refractivity (Wildman–Crippen MR) is 127 cm³/mol. The summed E-state index contributed by atoms with van der Waals surface area (Å²) >= 11 is 6.20. The number of halogens is 1. The van der Waals surface area contributed by atoms with Crippen LogP contribution >= 0.6 is 11.6 Å². The molecule has 0 radical (unpaired) electrons. The largest absolute Gasteiger partial charge is 0.399 e. The summed E-state index contributed by atoms with van der Waals surface area (Å²) in [6, 6.07) is 14.6. The molecule has 1 aliphatic heterocycles. The molecule has 158 valence electrons. The Morgan fingerprint density at radius 1 is 1.13 bits per heavy atom. The summed E-state index contributed by atoms with van der Waals surface area (Å²) in [5, 5.41) is 6.65. The van der Waals surface area contributed by atoms with E-state index in [4.69, 9.17) is 23.1 Å². The summed E-state index contributed by atoms with van der Waals surface area (Å²) in [5.41, 5.74) is 16.2. The first-order chi connectivity index (χ1) is 14.8. The highest BCUT2D eigenvalue weighted by Gasteiger charge is 2.15. The van der Waals surface area contributed by atoms with Crippen LogP contribution in [0.4, 0.5) is 5.69 Å². The van der Waals surface area contributed by atoms with Gasteiger partial charge in [-0.1, -0.05) is 42.2 Å². The van der Waals surface area contributed by atoms with E-state index in [0.29, 0.717) is 34.1 Å². The Bertz CT molecular complexity index is 1100. The third-order valence-corrected chi connectivity index (χ3v) is 5.28. The Balaban J connectivity index is 1.61. The van der Waals surface area contributed by atoms with E-state index < -0.39 is 0 Å². The van der Waals surface area contributed by atoms with E-state index in [2.05, 4.69) is 29.1 Å². The molecule has 0 saturated heterocycles. The number of hydrogen-bond acceptors (Lipinski definition) is 4. The van der Waals surface area contributed by atoms with Crippen LogP contribution in [0.3, 0.4) is 0 Å². The van der Waals surface area contributed by atoms with Crippen molar-refractivity contribution in [2.45, 2.75) is 19.4 Å². The highest BCUT2D eigenvalue weighted by atomic mass is 35.5. The van der Waals surface area contributed by atoms with Crippen molar-refractivity contribution in [3.8, 4) is 11.8 Å². The zero-order valence-electron chi connectivity index (χ0n) is 17.3. The molecular weight excluding hydrogens is 408 g/mol. The minimum Gasteiger partial charge on any atom is -0.399 e. The minimum atomic E-state index is -0.128. The molecule has 0 bridgehead atoms. The predicted octanol–water partition coefficient (Wildman–Crippen LogP) is 3.43. The van der Waals surface area contributed by atoms with Crippen molar-refractivity contribution in [2.75, 3.05) is 12.3 Å². The normalized spacial score (nSPS) is 15.9. The van der Waals surface area contributed by atoms with E-state index >= 15 is 0 Å². The maximum absolute atomic E-state index is 12.4. The first kappa shape index (κ1) is 22.1. The molecule has 6 heteroatoms. The lowest BCUT2D eigenvalue weighted by Crippen LogP contribution is -2.29. The van der Waals surface area contributed by atoms with E-state index in [0.717, 1.165) is 23.2 Å². The number of nitrogens with one attached hydrogen (secondary N) is 2. The van der Waals surface area contributed by atoms with Crippen molar-refractivity contribution in [3.05, 3.63) is 99.9 Å². The number of anilines is 1. The number of rotatable bonds is 4. The monoisotopic (exact) mass is 432 g/mol. The van der Waals surface area contributed by atoms with E-state index in [1.54, 1.807) is 30.3 Å². The summed E-state index contributed by atoms with van der Waals surface area (Å²) in [6.07, 6.45) is 2.50. The van der Waals surface area contributed by atoms with Gasteiger partial charge >= 0.3 is 0 Å². The second-order valence-electron chi connectivity index (χ2n) is 7.28. The van der Waals surface area contributed by atoms with Crippen LogP contribution in [0.1, 0.15) is 28.4 Å². The van der Waals surface area contributed by atoms with Crippen molar-refractivity contribution in [3.63, 3.8) is 0 Å². The van der Waals surface area contributed by atoms with Gasteiger partial charge in [0.05, 0.1) is 11.6 Å². The van der Waals surface area contributed by atoms with Crippen molar-refractivity contribution in [1.29, 1.82) is 0 Å². The molecule has 0 aromatic heterocycles. The third kappa shape index (κ3) is 5.94. The fraction of sp³-hybridized carbons (Fsp3) is 0.160. The lowest BCUT2D eigenvalue weighted by molar-refractivity contribution is 0.0954. The van der Waals surface area contributed by atoms with Gasteiger partial charge < -0.3 is 22.1 Å². The maximum atomic E-state index is 12.4. The van der Waals surface area contributed by atoms with Crippen LogP contribution in [0.5, 0.6) is 0 Å². The Morgan fingerprint density at radius 2 is 1.81 bits per heavy atom. The average Bonchev–Trinajstić information content (AvgIpc) is 2.83. The number of carbonyl (C=O) groups is 1. The Labute approximate surface area is 187 Å². The maximum Gasteiger partial charge on any atom is 0.251 e. The summed E-state index contributed by atoms with van der Waals surface area (Å²) in [5.74, 6) is 6.43. The van der Waals surface area contributed by atoms with Crippen LogP contribution in [0.15, 0.2) is 83.2 Å². The number of carbonyl (C=O) groups excluding carboxylic acids is 1. The molecule has 3 rings (SSSR count). The van der Waals surface area contributed by atoms with Crippen LogP contribution in [0.2, 0.25) is 0 Å². The smallest absolute Gasteiger partial charge is 0.251 e. The lowest BCUT2D eigenvalue weighted by atomic mass is 10.1. The van der Waals surface area contributed by atoms with E-state index in [1.165, 1.54) is 0 Å². The van der Waals surface area contributed by atoms with E-state index in [-0.39, 0.29) is 11.9 Å². The first-order valence-electron chi connectivity index (χ1n) is 9.91. The molecule has 0 spiro atoms. The highest BCUT2D eigenvalue weighted by molar-refractivity contribution is 6.30. The molecule has 1 heterocycles. The first-order valence-corrected chi connectivity index (χ1v) is 10.3. The van der Waals surface area contributed by atoms with Gasteiger partial charge in [-0.2, -0.15) is 0 Å². The summed E-state index contributed by atoms with van der Waals surface area (Å²) < 4.78 is 0. The van der Waals surface area contributed by atoms with Gasteiger partial charge in [0.25, 0.3) is 5.91 Å². The molecule has 0 saturated carbocycles. The molecule has 0 fully saturated rings. The Hall–Kier alpha value is -3.62. The molecule has 2 aromatic rings. The van der Waals surface area contributed by atoms with E-state index in [1.807, 2.05) is 31.2 Å². The van der Waals surface area contributed by atoms with Gasteiger partial charge in [-0.05, 0) is 67.0 Å². The number of allylic oxidation sites excluding steroid dienone is 3. The third-order valence-electron chi connectivity index (χ3n) is 4.85. The summed E-state index contributed by atoms with van der Waals surface area (Å²) in [6.45, 7) is 6.45. The van der Waals surface area contributed by atoms with E-state index in [9.17, 15) is 4.79 Å². The second kappa shape index (κ2) is 9.92. The van der Waals surface area contributed by atoms with Gasteiger partial charge in [0.1, 0.15) is 5.82 Å². The average molecular weight is 433 g/mol. The number of benzene rings is 2. The van der Waals surface area contributed by atoms with Crippen molar-refractivity contribution in [1.82, 2.24) is 10.6 Å². The lowest BCUT2D eigenvalue weighted by Gasteiger charge is -2.12. The molecule has 5 nitrogen and oxygen atoms in total. The SMILES string of the molecule is C=C1C=C(Cl)C(C)NC(N)=C1C#Cc1ccc(C(=O)NCCc2ccc(N)cc2)cc1. The van der Waals surface area contributed by atoms with Crippen LogP contribution in [0, 0.1) is 11.8 Å². The Kier molecular flexibility index (Phi) is 7.07. The number of hydrogen-bond donors (Lipinski definition) is 4. The van der Waals surface area contributed by atoms with Crippen LogP contribution in [0.25, 0.3) is 0 Å². The van der Waals surface area contributed by atoms with Crippen LogP contribution in [-0.4, -0.2) is 18.5 Å². The van der Waals surface area contributed by atoms with Crippen molar-refractivity contribution in [2.24, 2.45) is 5.73 Å². The molecule has 1 atom stereocenters. The van der Waals surface area contributed by atoms with Gasteiger partial charge in [0, 0.05) is 28.4 Å². The summed E-state index contributed by atoms with van der Waals surface area (Å²) in [4.78, 5) is 12.4. The molecule has 2 aromatic carbocycles. The van der Waals surface area contributed by atoms with Gasteiger partial charge in [-0.25, -0.2) is 0 Å². The van der Waals surface area contributed by atoms with Gasteiger partial charge in [0.2, 0.25) is 0 Å². The highest BCUT2D eigenvalue weighted by Crippen LogP contribution is 2.21. The van der Waals surface area contributed by atoms with Crippen molar-refractivity contribution >= 4 is 23.2 Å². The molecule has 31 heavy (non-hydrogen) atoms. The zero-order valence-corrected chi connectivity index (χ0v) is 18.1. The molecule has 1 unspecified atom stereocenters. The van der Waals surface area contributed by atoms with Gasteiger partial charge in [0.15, 0.2) is 0 Å². The molecule has 1 aliphatic rings. The van der Waals surface area contributed by atoms with Crippen LogP contribution < -0.4 is 22.1 Å². The van der Waals surface area contributed by atoms with Gasteiger partial charge in [-0.15, -0.1) is 0 Å². The van der Waals surface area contributed by atoms with Crippen LogP contribution in [-0.2, 0) is 6.42 Å². The second-order valence-corrected chi connectivity index (χ2v) is 7.72. The van der Waals surface area contributed by atoms with Crippen molar-refractivity contribution < 1.29 is 4.79 Å². The number of nitrogens with two attached hydrogens (primary N) is 2. The topological polar surface area (TPSA) is 93.2 Å². The molecule has 6 N–H and O–H groups in total. The molecule has 0 aliphatic carbocycles.